The van der Waals surface area contributed by atoms with Gasteiger partial charge in [-0.05, 0) is 24.3 Å². The van der Waals surface area contributed by atoms with Crippen LogP contribution in [0, 0.1) is 10.1 Å². The van der Waals surface area contributed by atoms with Crippen LogP contribution in [-0.2, 0) is 4.79 Å². The molecule has 12 nitrogen and oxygen atoms in total. The van der Waals surface area contributed by atoms with Gasteiger partial charge in [-0.25, -0.2) is 9.67 Å². The van der Waals surface area contributed by atoms with E-state index in [-0.39, 0.29) is 33.5 Å². The number of nitrogens with one attached hydrogen (secondary N) is 2. The van der Waals surface area contributed by atoms with Gasteiger partial charge in [-0.3, -0.25) is 19.7 Å². The number of non-ortho nitro benzene ring substituents is 1. The van der Waals surface area contributed by atoms with Crippen molar-refractivity contribution in [3.63, 3.8) is 0 Å². The Balaban J connectivity index is 1.53. The third-order valence-corrected chi connectivity index (χ3v) is 5.62. The molecule has 0 aliphatic rings. The third-order valence-electron chi connectivity index (χ3n) is 4.74. The summed E-state index contributed by atoms with van der Waals surface area (Å²) >= 11 is 1.04. The van der Waals surface area contributed by atoms with Gasteiger partial charge >= 0.3 is 0 Å². The number of nitrogens with zero attached hydrogens (tertiary/aromatic N) is 4. The normalized spacial score (nSPS) is 10.8. The van der Waals surface area contributed by atoms with E-state index in [0.29, 0.717) is 22.9 Å². The largest absolute Gasteiger partial charge is 0.497 e. The highest BCUT2D eigenvalue weighted by atomic mass is 32.2. The third kappa shape index (κ3) is 4.68. The van der Waals surface area contributed by atoms with Crippen LogP contribution in [0.2, 0.25) is 0 Å². The van der Waals surface area contributed by atoms with Crippen LogP contribution >= 0.6 is 11.8 Å². The van der Waals surface area contributed by atoms with Crippen LogP contribution in [-0.4, -0.2) is 50.6 Å². The second-order valence-corrected chi connectivity index (χ2v) is 7.81. The number of fused-ring (bicyclic) bond motifs is 1. The quantitative estimate of drug-likeness (QED) is 0.167. The molecule has 34 heavy (non-hydrogen) atoms. The van der Waals surface area contributed by atoms with Gasteiger partial charge in [-0.1, -0.05) is 11.8 Å². The van der Waals surface area contributed by atoms with E-state index in [1.807, 2.05) is 0 Å². The molecule has 0 atom stereocenters. The number of benzene rings is 2. The lowest BCUT2D eigenvalue weighted by molar-refractivity contribution is -0.384. The van der Waals surface area contributed by atoms with Gasteiger partial charge in [0.25, 0.3) is 11.2 Å². The second kappa shape index (κ2) is 9.62. The van der Waals surface area contributed by atoms with E-state index >= 15 is 0 Å². The molecule has 0 aliphatic heterocycles. The predicted molar refractivity (Wildman–Crippen MR) is 125 cm³/mol. The highest BCUT2D eigenvalue weighted by Crippen LogP contribution is 2.29. The number of carbonyl (C=O) groups is 1. The number of aromatic nitrogens is 4. The molecule has 0 bridgehead atoms. The van der Waals surface area contributed by atoms with Crippen LogP contribution in [0.15, 0.2) is 58.6 Å². The zero-order valence-corrected chi connectivity index (χ0v) is 18.8. The van der Waals surface area contributed by atoms with Gasteiger partial charge in [0.05, 0.1) is 42.5 Å². The number of rotatable bonds is 8. The second-order valence-electron chi connectivity index (χ2n) is 6.84. The smallest absolute Gasteiger partial charge is 0.269 e. The molecule has 174 valence electrons. The zero-order chi connectivity index (χ0) is 24.2. The zero-order valence-electron chi connectivity index (χ0n) is 18.0. The van der Waals surface area contributed by atoms with E-state index in [1.165, 1.54) is 49.4 Å². The standard InChI is InChI=1S/C21H18N6O6S/c1-32-14-7-8-16(17(9-14)33-2)23-18(28)11-34-21-24-19-15(20(29)25-21)10-22-26(19)12-3-5-13(6-4-12)27(30)31/h3-10H,11H2,1-2H3,(H,23,28)(H,24,25,29). The fourth-order valence-corrected chi connectivity index (χ4v) is 3.75. The lowest BCUT2D eigenvalue weighted by atomic mass is 10.2. The molecule has 1 amide bonds. The molecule has 2 aromatic carbocycles. The molecule has 0 saturated carbocycles. The van der Waals surface area contributed by atoms with Crippen molar-refractivity contribution >= 4 is 40.1 Å². The van der Waals surface area contributed by atoms with Crippen LogP contribution in [0.4, 0.5) is 11.4 Å². The molecule has 0 spiro atoms. The van der Waals surface area contributed by atoms with Gasteiger partial charge in [-0.2, -0.15) is 5.10 Å². The number of H-pyrrole nitrogens is 1. The first-order chi connectivity index (χ1) is 16.4. The maximum absolute atomic E-state index is 12.5. The van der Waals surface area contributed by atoms with E-state index in [9.17, 15) is 19.7 Å². The van der Waals surface area contributed by atoms with Gasteiger partial charge in [0.2, 0.25) is 5.91 Å². The van der Waals surface area contributed by atoms with Crippen molar-refractivity contribution < 1.29 is 19.2 Å². The van der Waals surface area contributed by atoms with E-state index in [1.54, 1.807) is 18.2 Å². The van der Waals surface area contributed by atoms with Gasteiger partial charge in [-0.15, -0.1) is 0 Å². The summed E-state index contributed by atoms with van der Waals surface area (Å²) < 4.78 is 11.8. The topological polar surface area (TPSA) is 154 Å². The average molecular weight is 482 g/mol. The van der Waals surface area contributed by atoms with E-state index in [0.717, 1.165) is 11.8 Å². The molecule has 4 rings (SSSR count). The van der Waals surface area contributed by atoms with E-state index < -0.39 is 10.5 Å². The molecule has 2 aromatic heterocycles. The minimum Gasteiger partial charge on any atom is -0.497 e. The van der Waals surface area contributed by atoms with Crippen molar-refractivity contribution in [1.29, 1.82) is 0 Å². The van der Waals surface area contributed by atoms with Crippen LogP contribution in [0.5, 0.6) is 11.5 Å². The van der Waals surface area contributed by atoms with Gasteiger partial charge in [0, 0.05) is 18.2 Å². The number of carbonyl (C=O) groups excluding carboxylic acids is 1. The Morgan fingerprint density at radius 3 is 2.65 bits per heavy atom. The van der Waals surface area contributed by atoms with Crippen LogP contribution in [0.3, 0.4) is 0 Å². The van der Waals surface area contributed by atoms with Gasteiger partial charge in [0.1, 0.15) is 16.9 Å². The molecular formula is C21H18N6O6S. The summed E-state index contributed by atoms with van der Waals surface area (Å²) in [6.45, 7) is 0. The SMILES string of the molecule is COc1ccc(NC(=O)CSc2nc3c(cnn3-c3ccc([N+](=O)[O-])cc3)c(=O)[nH]2)c(OC)c1. The number of aromatic amines is 1. The fraction of sp³-hybridized carbons (Fsp3) is 0.143. The molecule has 4 aromatic rings. The van der Waals surface area contributed by atoms with Crippen LogP contribution in [0.25, 0.3) is 16.7 Å². The summed E-state index contributed by atoms with van der Waals surface area (Å²) in [7, 11) is 3.01. The minimum absolute atomic E-state index is 0.0324. The number of methoxy groups -OCH3 is 2. The number of hydrogen-bond donors (Lipinski definition) is 2. The lowest BCUT2D eigenvalue weighted by Crippen LogP contribution is -2.16. The Bertz CT molecular complexity index is 1430. The molecule has 0 aliphatic carbocycles. The lowest BCUT2D eigenvalue weighted by Gasteiger charge is -2.11. The number of nitro groups is 1. The molecule has 2 heterocycles. The molecule has 0 fully saturated rings. The maximum atomic E-state index is 12.5. The first-order valence-corrected chi connectivity index (χ1v) is 10.8. The Kier molecular flexibility index (Phi) is 6.45. The monoisotopic (exact) mass is 482 g/mol. The van der Waals surface area contributed by atoms with Gasteiger partial charge in [0.15, 0.2) is 10.8 Å². The van der Waals surface area contributed by atoms with E-state index in [2.05, 4.69) is 20.4 Å². The number of amides is 1. The number of anilines is 1. The molecule has 0 radical (unpaired) electrons. The minimum atomic E-state index is -0.505. The summed E-state index contributed by atoms with van der Waals surface area (Å²) in [5.74, 6) is 0.664. The highest BCUT2D eigenvalue weighted by molar-refractivity contribution is 7.99. The van der Waals surface area contributed by atoms with Crippen LogP contribution < -0.4 is 20.3 Å². The Morgan fingerprint density at radius 1 is 1.21 bits per heavy atom. The van der Waals surface area contributed by atoms with Crippen molar-refractivity contribution in [1.82, 2.24) is 19.7 Å². The molecule has 0 saturated heterocycles. The number of thioether (sulfide) groups is 1. The highest BCUT2D eigenvalue weighted by Gasteiger charge is 2.15. The first-order valence-electron chi connectivity index (χ1n) is 9.77. The summed E-state index contributed by atoms with van der Waals surface area (Å²) in [6.07, 6.45) is 1.36. The van der Waals surface area contributed by atoms with Crippen molar-refractivity contribution in [2.75, 3.05) is 25.3 Å². The maximum Gasteiger partial charge on any atom is 0.269 e. The number of nitro benzene ring substituents is 1. The van der Waals surface area contributed by atoms with Crippen molar-refractivity contribution in [3.8, 4) is 17.2 Å². The summed E-state index contributed by atoms with van der Waals surface area (Å²) in [4.78, 5) is 42.4. The Hall–Kier alpha value is -4.39. The summed E-state index contributed by atoms with van der Waals surface area (Å²) in [6, 6.07) is 10.7. The molecule has 0 unspecified atom stereocenters. The fourth-order valence-electron chi connectivity index (χ4n) is 3.09. The average Bonchev–Trinajstić information content (AvgIpc) is 3.27. The molecule has 13 heteroatoms. The van der Waals surface area contributed by atoms with E-state index in [4.69, 9.17) is 9.47 Å². The first kappa shape index (κ1) is 22.8. The Morgan fingerprint density at radius 2 is 1.97 bits per heavy atom. The number of ether oxygens (including phenoxy) is 2. The van der Waals surface area contributed by atoms with Crippen molar-refractivity contribution in [3.05, 3.63) is 69.1 Å². The summed E-state index contributed by atoms with van der Waals surface area (Å²) in [5.41, 5.74) is 0.748. The van der Waals surface area contributed by atoms with Crippen molar-refractivity contribution in [2.24, 2.45) is 0 Å². The molecular weight excluding hydrogens is 464 g/mol. The predicted octanol–water partition coefficient (Wildman–Crippen LogP) is 2.77. The van der Waals surface area contributed by atoms with Crippen molar-refractivity contribution in [2.45, 2.75) is 5.16 Å². The van der Waals surface area contributed by atoms with Crippen LogP contribution in [0.1, 0.15) is 0 Å². The molecule has 2 N–H and O–H groups in total. The number of hydrogen-bond acceptors (Lipinski definition) is 9. The Labute approximate surface area is 196 Å². The van der Waals surface area contributed by atoms with Gasteiger partial charge < -0.3 is 19.8 Å². The summed E-state index contributed by atoms with van der Waals surface area (Å²) in [5, 5.41) is 18.3.